The number of urea groups is 1. The number of benzene rings is 1. The first-order valence-electron chi connectivity index (χ1n) is 9.76. The largest absolute Gasteiger partial charge is 0.454 e. The molecule has 1 unspecified atom stereocenters. The average Bonchev–Trinajstić information content (AvgIpc) is 2.97. The van der Waals surface area contributed by atoms with Gasteiger partial charge in [0.15, 0.2) is 5.75 Å². The standard InChI is InChI=1S/C20H25N5O5S/c1-4-9-20(18(26)23-19(27)24-20)13-31(28,29)25(3)12-15-5-7-16(8-6-15)30-17-10-21-14(2)22-11-17/h5-8,10-11H,4,9,12-13H2,1-3H3,(H2,23,24,26,27). The van der Waals surface area contributed by atoms with Gasteiger partial charge in [-0.25, -0.2) is 27.5 Å². The quantitative estimate of drug-likeness (QED) is 0.560. The predicted molar refractivity (Wildman–Crippen MR) is 113 cm³/mol. The predicted octanol–water partition coefficient (Wildman–Crippen LogP) is 1.72. The highest BCUT2D eigenvalue weighted by Crippen LogP contribution is 2.24. The SMILES string of the molecule is CCCC1(CS(=O)(=O)N(C)Cc2ccc(Oc3cnc(C)nc3)cc2)NC(=O)NC1=O. The lowest BCUT2D eigenvalue weighted by molar-refractivity contribution is -0.123. The monoisotopic (exact) mass is 447 g/mol. The maximum Gasteiger partial charge on any atom is 0.322 e. The fourth-order valence-electron chi connectivity index (χ4n) is 3.31. The number of amides is 3. The number of nitrogens with zero attached hydrogens (tertiary/aromatic N) is 3. The van der Waals surface area contributed by atoms with Crippen molar-refractivity contribution in [2.24, 2.45) is 0 Å². The Balaban J connectivity index is 1.66. The number of ether oxygens (including phenoxy) is 1. The Kier molecular flexibility index (Phi) is 6.56. The number of rotatable bonds is 9. The van der Waals surface area contributed by atoms with Crippen LogP contribution in [0.2, 0.25) is 0 Å². The number of sulfonamides is 1. The van der Waals surface area contributed by atoms with Crippen molar-refractivity contribution in [3.63, 3.8) is 0 Å². The maximum atomic E-state index is 12.9. The number of hydrogen-bond acceptors (Lipinski definition) is 7. The van der Waals surface area contributed by atoms with Gasteiger partial charge in [-0.15, -0.1) is 0 Å². The van der Waals surface area contributed by atoms with E-state index in [0.717, 1.165) is 5.56 Å². The van der Waals surface area contributed by atoms with E-state index in [9.17, 15) is 18.0 Å². The van der Waals surface area contributed by atoms with E-state index in [1.807, 2.05) is 6.92 Å². The highest BCUT2D eigenvalue weighted by atomic mass is 32.2. The zero-order valence-corrected chi connectivity index (χ0v) is 18.4. The van der Waals surface area contributed by atoms with Crippen LogP contribution in [0.3, 0.4) is 0 Å². The molecule has 1 aromatic heterocycles. The molecule has 1 aliphatic rings. The van der Waals surface area contributed by atoms with Gasteiger partial charge in [-0.05, 0) is 31.0 Å². The number of aryl methyl sites for hydroxylation is 1. The molecule has 2 aromatic rings. The van der Waals surface area contributed by atoms with E-state index in [1.54, 1.807) is 43.6 Å². The molecule has 1 saturated heterocycles. The van der Waals surface area contributed by atoms with Crippen LogP contribution in [-0.2, 0) is 21.4 Å². The highest BCUT2D eigenvalue weighted by molar-refractivity contribution is 7.89. The summed E-state index contributed by atoms with van der Waals surface area (Å²) in [6, 6.07) is 6.27. The molecule has 1 fully saturated rings. The summed E-state index contributed by atoms with van der Waals surface area (Å²) in [5, 5.41) is 4.63. The van der Waals surface area contributed by atoms with Crippen molar-refractivity contribution in [3.05, 3.63) is 48.0 Å². The van der Waals surface area contributed by atoms with Crippen LogP contribution < -0.4 is 15.4 Å². The van der Waals surface area contributed by atoms with E-state index in [0.29, 0.717) is 23.7 Å². The molecule has 3 rings (SSSR count). The maximum absolute atomic E-state index is 12.9. The van der Waals surface area contributed by atoms with Gasteiger partial charge in [-0.3, -0.25) is 10.1 Å². The molecule has 10 nitrogen and oxygen atoms in total. The smallest absolute Gasteiger partial charge is 0.322 e. The Bertz CT molecular complexity index is 1060. The van der Waals surface area contributed by atoms with E-state index in [1.165, 1.54) is 11.4 Å². The zero-order chi connectivity index (χ0) is 22.6. The molecule has 2 N–H and O–H groups in total. The number of carbonyl (C=O) groups excluding carboxylic acids is 2. The number of imide groups is 1. The Hall–Kier alpha value is -3.05. The van der Waals surface area contributed by atoms with Gasteiger partial charge in [0, 0.05) is 13.6 Å². The fourth-order valence-corrected chi connectivity index (χ4v) is 4.85. The second kappa shape index (κ2) is 8.98. The topological polar surface area (TPSA) is 131 Å². The van der Waals surface area contributed by atoms with Crippen LogP contribution in [0, 0.1) is 6.92 Å². The normalized spacial score (nSPS) is 18.7. The van der Waals surface area contributed by atoms with E-state index < -0.39 is 33.3 Å². The minimum absolute atomic E-state index is 0.105. The molecule has 31 heavy (non-hydrogen) atoms. The van der Waals surface area contributed by atoms with Crippen LogP contribution in [0.4, 0.5) is 4.79 Å². The second-order valence-corrected chi connectivity index (χ2v) is 9.54. The van der Waals surface area contributed by atoms with E-state index in [2.05, 4.69) is 20.6 Å². The third kappa shape index (κ3) is 5.36. The number of carbonyl (C=O) groups is 2. The Morgan fingerprint density at radius 2 is 1.74 bits per heavy atom. The molecule has 2 heterocycles. The van der Waals surface area contributed by atoms with Crippen LogP contribution in [0.5, 0.6) is 11.5 Å². The first-order chi connectivity index (χ1) is 14.6. The van der Waals surface area contributed by atoms with Gasteiger partial charge in [0.25, 0.3) is 5.91 Å². The van der Waals surface area contributed by atoms with Crippen molar-refractivity contribution in [1.82, 2.24) is 24.9 Å². The van der Waals surface area contributed by atoms with E-state index in [4.69, 9.17) is 4.74 Å². The van der Waals surface area contributed by atoms with E-state index >= 15 is 0 Å². The van der Waals surface area contributed by atoms with Crippen molar-refractivity contribution in [2.45, 2.75) is 38.8 Å². The zero-order valence-electron chi connectivity index (χ0n) is 17.6. The molecule has 3 amide bonds. The van der Waals surface area contributed by atoms with Crippen LogP contribution in [0.1, 0.15) is 31.2 Å². The van der Waals surface area contributed by atoms with Gasteiger partial charge in [-0.2, -0.15) is 0 Å². The number of aromatic nitrogens is 2. The summed E-state index contributed by atoms with van der Waals surface area (Å²) in [5.74, 6) is 0.585. The summed E-state index contributed by atoms with van der Waals surface area (Å²) in [4.78, 5) is 32.0. The van der Waals surface area contributed by atoms with Gasteiger partial charge in [-0.1, -0.05) is 25.5 Å². The van der Waals surface area contributed by atoms with Crippen LogP contribution in [0.15, 0.2) is 36.7 Å². The molecule has 0 spiro atoms. The molecule has 0 radical (unpaired) electrons. The third-order valence-electron chi connectivity index (χ3n) is 4.92. The summed E-state index contributed by atoms with van der Waals surface area (Å²) in [6.45, 7) is 3.70. The van der Waals surface area contributed by atoms with Crippen LogP contribution >= 0.6 is 0 Å². The first-order valence-corrected chi connectivity index (χ1v) is 11.4. The summed E-state index contributed by atoms with van der Waals surface area (Å²) in [6.07, 6.45) is 3.91. The summed E-state index contributed by atoms with van der Waals surface area (Å²) < 4.78 is 32.7. The van der Waals surface area contributed by atoms with Gasteiger partial charge in [0.05, 0.1) is 18.1 Å². The molecule has 0 saturated carbocycles. The van der Waals surface area contributed by atoms with Gasteiger partial charge >= 0.3 is 6.03 Å². The van der Waals surface area contributed by atoms with Gasteiger partial charge in [0.1, 0.15) is 17.1 Å². The van der Waals surface area contributed by atoms with Gasteiger partial charge in [0.2, 0.25) is 10.0 Å². The summed E-state index contributed by atoms with van der Waals surface area (Å²) in [5.41, 5.74) is -0.713. The van der Waals surface area contributed by atoms with Crippen molar-refractivity contribution in [3.8, 4) is 11.5 Å². The Labute approximate surface area is 181 Å². The minimum Gasteiger partial charge on any atom is -0.454 e. The second-order valence-electron chi connectivity index (χ2n) is 7.46. The van der Waals surface area contributed by atoms with Crippen LogP contribution in [0.25, 0.3) is 0 Å². The van der Waals surface area contributed by atoms with Crippen molar-refractivity contribution < 1.29 is 22.7 Å². The molecule has 1 aromatic carbocycles. The molecule has 1 atom stereocenters. The molecule has 0 bridgehead atoms. The van der Waals surface area contributed by atoms with Crippen LogP contribution in [-0.4, -0.2) is 53.0 Å². The van der Waals surface area contributed by atoms with Crippen molar-refractivity contribution >= 4 is 22.0 Å². The van der Waals surface area contributed by atoms with Gasteiger partial charge < -0.3 is 10.1 Å². The highest BCUT2D eigenvalue weighted by Gasteiger charge is 2.49. The minimum atomic E-state index is -3.83. The first kappa shape index (κ1) is 22.6. The lowest BCUT2D eigenvalue weighted by Crippen LogP contribution is -2.54. The molecule has 0 aliphatic carbocycles. The average molecular weight is 448 g/mol. The third-order valence-corrected chi connectivity index (χ3v) is 6.85. The van der Waals surface area contributed by atoms with Crippen molar-refractivity contribution in [1.29, 1.82) is 0 Å². The number of hydrogen-bond donors (Lipinski definition) is 2. The number of nitrogens with one attached hydrogen (secondary N) is 2. The lowest BCUT2D eigenvalue weighted by atomic mass is 9.96. The molecule has 166 valence electrons. The Morgan fingerprint density at radius 1 is 1.10 bits per heavy atom. The van der Waals surface area contributed by atoms with Crippen molar-refractivity contribution in [2.75, 3.05) is 12.8 Å². The molecule has 1 aliphatic heterocycles. The summed E-state index contributed by atoms with van der Waals surface area (Å²) in [7, 11) is -2.39. The molecular formula is C20H25N5O5S. The fraction of sp³-hybridized carbons (Fsp3) is 0.400. The molecule has 11 heteroatoms. The Morgan fingerprint density at radius 3 is 2.29 bits per heavy atom. The molecular weight excluding hydrogens is 422 g/mol. The van der Waals surface area contributed by atoms with E-state index in [-0.39, 0.29) is 13.0 Å². The summed E-state index contributed by atoms with van der Waals surface area (Å²) >= 11 is 0. The lowest BCUT2D eigenvalue weighted by Gasteiger charge is -2.28.